The maximum absolute atomic E-state index is 12.5. The van der Waals surface area contributed by atoms with Crippen LogP contribution in [0.5, 0.6) is 0 Å². The van der Waals surface area contributed by atoms with E-state index in [-0.39, 0.29) is 11.1 Å². The number of benzene rings is 1. The maximum atomic E-state index is 12.5. The van der Waals surface area contributed by atoms with Crippen molar-refractivity contribution in [1.82, 2.24) is 0 Å². The first kappa shape index (κ1) is 13.9. The normalized spacial score (nSPS) is 20.8. The largest absolute Gasteiger partial charge is 0.416 e. The van der Waals surface area contributed by atoms with Gasteiger partial charge in [0.15, 0.2) is 0 Å². The Bertz CT molecular complexity index is 416. The van der Waals surface area contributed by atoms with Crippen molar-refractivity contribution in [2.24, 2.45) is 0 Å². The molecule has 18 heavy (non-hydrogen) atoms. The van der Waals surface area contributed by atoms with Gasteiger partial charge in [0.2, 0.25) is 0 Å². The summed E-state index contributed by atoms with van der Waals surface area (Å²) in [5.41, 5.74) is -0.131. The van der Waals surface area contributed by atoms with Gasteiger partial charge in [-0.2, -0.15) is 24.9 Å². The third-order valence-electron chi connectivity index (χ3n) is 2.82. The molecule has 0 amide bonds. The average molecular weight is 296 g/mol. The summed E-state index contributed by atoms with van der Waals surface area (Å²) in [6.07, 6.45) is -2.19. The highest BCUT2D eigenvalue weighted by molar-refractivity contribution is 7.99. The number of halogens is 4. The number of thioether (sulfide) groups is 1. The molecule has 1 aliphatic heterocycles. The van der Waals surface area contributed by atoms with Crippen molar-refractivity contribution in [2.45, 2.75) is 25.1 Å². The minimum atomic E-state index is -4.34. The van der Waals surface area contributed by atoms with Gasteiger partial charge in [0.1, 0.15) is 0 Å². The van der Waals surface area contributed by atoms with Crippen LogP contribution in [-0.2, 0) is 6.18 Å². The van der Waals surface area contributed by atoms with E-state index in [1.165, 1.54) is 6.07 Å². The van der Waals surface area contributed by atoms with Crippen LogP contribution in [0.3, 0.4) is 0 Å². The van der Waals surface area contributed by atoms with Crippen molar-refractivity contribution in [3.8, 4) is 0 Å². The third-order valence-corrected chi connectivity index (χ3v) is 4.34. The summed E-state index contributed by atoms with van der Waals surface area (Å²) in [5, 5.41) is 3.33. The van der Waals surface area contributed by atoms with Crippen LogP contribution in [0.2, 0.25) is 5.02 Å². The first-order chi connectivity index (χ1) is 8.47. The summed E-state index contributed by atoms with van der Waals surface area (Å²) in [5.74, 6) is 2.12. The zero-order valence-electron chi connectivity index (χ0n) is 9.56. The van der Waals surface area contributed by atoms with E-state index < -0.39 is 11.7 Å². The van der Waals surface area contributed by atoms with Gasteiger partial charge in [-0.25, -0.2) is 0 Å². The van der Waals surface area contributed by atoms with Gasteiger partial charge < -0.3 is 5.32 Å². The molecular formula is C12H13ClF3NS. The standard InChI is InChI=1S/C12H13ClF3NS/c13-10-6-8(12(14,15)16)3-4-11(10)17-9-2-1-5-18-7-9/h3-4,6,9,17H,1-2,5,7H2. The molecule has 2 rings (SSSR count). The molecular weight excluding hydrogens is 283 g/mol. The molecule has 1 saturated heterocycles. The summed E-state index contributed by atoms with van der Waals surface area (Å²) >= 11 is 7.74. The number of anilines is 1. The molecule has 1 atom stereocenters. The van der Waals surface area contributed by atoms with E-state index in [0.717, 1.165) is 36.5 Å². The minimum absolute atomic E-state index is 0.125. The van der Waals surface area contributed by atoms with Gasteiger partial charge in [-0.1, -0.05) is 11.6 Å². The molecule has 1 unspecified atom stereocenters. The van der Waals surface area contributed by atoms with Crippen LogP contribution in [0.1, 0.15) is 18.4 Å². The monoisotopic (exact) mass is 295 g/mol. The Kier molecular flexibility index (Phi) is 4.33. The molecule has 0 bridgehead atoms. The molecule has 100 valence electrons. The maximum Gasteiger partial charge on any atom is 0.416 e. The van der Waals surface area contributed by atoms with E-state index in [4.69, 9.17) is 11.6 Å². The lowest BCUT2D eigenvalue weighted by Crippen LogP contribution is -2.25. The van der Waals surface area contributed by atoms with Crippen LogP contribution in [0.15, 0.2) is 18.2 Å². The fraction of sp³-hybridized carbons (Fsp3) is 0.500. The van der Waals surface area contributed by atoms with E-state index in [9.17, 15) is 13.2 Å². The van der Waals surface area contributed by atoms with Gasteiger partial charge in [-0.15, -0.1) is 0 Å². The van der Waals surface area contributed by atoms with E-state index in [0.29, 0.717) is 5.69 Å². The van der Waals surface area contributed by atoms with E-state index in [1.54, 1.807) is 0 Å². The smallest absolute Gasteiger partial charge is 0.380 e. The predicted molar refractivity (Wildman–Crippen MR) is 70.4 cm³/mol. The van der Waals surface area contributed by atoms with Gasteiger partial charge in [0.05, 0.1) is 16.3 Å². The van der Waals surface area contributed by atoms with Crippen LogP contribution >= 0.6 is 23.4 Å². The zero-order valence-corrected chi connectivity index (χ0v) is 11.1. The molecule has 1 heterocycles. The molecule has 1 nitrogen and oxygen atoms in total. The summed E-state index contributed by atoms with van der Waals surface area (Å²) in [4.78, 5) is 0. The molecule has 0 aromatic heterocycles. The van der Waals surface area contributed by atoms with Crippen molar-refractivity contribution in [1.29, 1.82) is 0 Å². The van der Waals surface area contributed by atoms with E-state index >= 15 is 0 Å². The molecule has 0 radical (unpaired) electrons. The quantitative estimate of drug-likeness (QED) is 0.851. The highest BCUT2D eigenvalue weighted by atomic mass is 35.5. The SMILES string of the molecule is FC(F)(F)c1ccc(NC2CCCSC2)c(Cl)c1. The Morgan fingerprint density at radius 2 is 2.11 bits per heavy atom. The topological polar surface area (TPSA) is 12.0 Å². The fourth-order valence-corrected chi connectivity index (χ4v) is 3.19. The average Bonchev–Trinajstić information content (AvgIpc) is 2.32. The Balaban J connectivity index is 2.09. The van der Waals surface area contributed by atoms with Crippen LogP contribution in [0, 0.1) is 0 Å². The van der Waals surface area contributed by atoms with Gasteiger partial charge in [0.25, 0.3) is 0 Å². The molecule has 0 aliphatic carbocycles. The van der Waals surface area contributed by atoms with Crippen LogP contribution in [0.25, 0.3) is 0 Å². The number of alkyl halides is 3. The Labute approximate surface area is 113 Å². The Morgan fingerprint density at radius 3 is 2.67 bits per heavy atom. The van der Waals surface area contributed by atoms with Crippen molar-refractivity contribution >= 4 is 29.1 Å². The van der Waals surface area contributed by atoms with Gasteiger partial charge in [0, 0.05) is 11.8 Å². The summed E-state index contributed by atoms with van der Waals surface area (Å²) in [6.45, 7) is 0. The minimum Gasteiger partial charge on any atom is -0.380 e. The van der Waals surface area contributed by atoms with Gasteiger partial charge in [-0.3, -0.25) is 0 Å². The zero-order chi connectivity index (χ0) is 13.2. The third kappa shape index (κ3) is 3.48. The van der Waals surface area contributed by atoms with Gasteiger partial charge in [-0.05, 0) is 36.8 Å². The highest BCUT2D eigenvalue weighted by Crippen LogP contribution is 2.34. The lowest BCUT2D eigenvalue weighted by molar-refractivity contribution is -0.137. The van der Waals surface area contributed by atoms with Crippen LogP contribution < -0.4 is 5.32 Å². The first-order valence-electron chi connectivity index (χ1n) is 5.68. The number of hydrogen-bond donors (Lipinski definition) is 1. The summed E-state index contributed by atoms with van der Waals surface area (Å²) in [6, 6.07) is 3.73. The summed E-state index contributed by atoms with van der Waals surface area (Å²) < 4.78 is 37.4. The van der Waals surface area contributed by atoms with Crippen molar-refractivity contribution in [2.75, 3.05) is 16.8 Å². The van der Waals surface area contributed by atoms with Crippen LogP contribution in [0.4, 0.5) is 18.9 Å². The first-order valence-corrected chi connectivity index (χ1v) is 7.21. The molecule has 6 heteroatoms. The van der Waals surface area contributed by atoms with Gasteiger partial charge >= 0.3 is 6.18 Å². The molecule has 1 aromatic carbocycles. The van der Waals surface area contributed by atoms with Crippen molar-refractivity contribution in [3.05, 3.63) is 28.8 Å². The second-order valence-corrected chi connectivity index (χ2v) is 5.81. The predicted octanol–water partition coefficient (Wildman–Crippen LogP) is 4.67. The number of rotatable bonds is 2. The van der Waals surface area contributed by atoms with E-state index in [1.807, 2.05) is 11.8 Å². The second-order valence-electron chi connectivity index (χ2n) is 4.25. The molecule has 1 fully saturated rings. The van der Waals surface area contributed by atoms with E-state index in [2.05, 4.69) is 5.32 Å². The lowest BCUT2D eigenvalue weighted by atomic mass is 10.1. The molecule has 1 aromatic rings. The molecule has 1 N–H and O–H groups in total. The fourth-order valence-electron chi connectivity index (χ4n) is 1.88. The van der Waals surface area contributed by atoms with Crippen LogP contribution in [-0.4, -0.2) is 17.5 Å². The number of hydrogen-bond acceptors (Lipinski definition) is 2. The highest BCUT2D eigenvalue weighted by Gasteiger charge is 2.31. The molecule has 0 saturated carbocycles. The molecule has 0 spiro atoms. The molecule has 1 aliphatic rings. The van der Waals surface area contributed by atoms with Crippen molar-refractivity contribution < 1.29 is 13.2 Å². The Morgan fingerprint density at radius 1 is 1.33 bits per heavy atom. The number of nitrogens with one attached hydrogen (secondary N) is 1. The second kappa shape index (κ2) is 5.61. The Hall–Kier alpha value is -0.550. The summed E-state index contributed by atoms with van der Waals surface area (Å²) in [7, 11) is 0. The van der Waals surface area contributed by atoms with Crippen molar-refractivity contribution in [3.63, 3.8) is 0 Å². The lowest BCUT2D eigenvalue weighted by Gasteiger charge is -2.24.